The Morgan fingerprint density at radius 3 is 2.78 bits per heavy atom. The van der Waals surface area contributed by atoms with E-state index in [-0.39, 0.29) is 18.4 Å². The minimum Gasteiger partial charge on any atom is -0.483 e. The van der Waals surface area contributed by atoms with Crippen LogP contribution in [0.1, 0.15) is 25.8 Å². The number of benzene rings is 1. The summed E-state index contributed by atoms with van der Waals surface area (Å²) in [5, 5.41) is 16.6. The van der Waals surface area contributed by atoms with E-state index in [4.69, 9.17) is 20.1 Å². The number of carbonyl (C=O) groups is 2. The van der Waals surface area contributed by atoms with Crippen molar-refractivity contribution in [1.29, 1.82) is 0 Å². The number of amides is 1. The van der Waals surface area contributed by atoms with E-state index in [9.17, 15) is 4.79 Å². The third-order valence-corrected chi connectivity index (χ3v) is 7.10. The smallest absolute Gasteiger partial charge is 0.290 e. The maximum absolute atomic E-state index is 11.6. The molecule has 5 aromatic rings. The number of piperidine rings is 1. The van der Waals surface area contributed by atoms with Gasteiger partial charge in [0.1, 0.15) is 11.3 Å². The Morgan fingerprint density at radius 1 is 1.25 bits per heavy atom. The Hall–Kier alpha value is -4.32. The number of likely N-dealkylation sites (tertiary alicyclic amines) is 1. The number of hydrogen-bond donors (Lipinski definition) is 2. The standard InChI is InChI=1S/C23H21N7O2S.CH2O2/c1-13(31)29-7-5-15(6-8-29)30-12-14(10-26-30)18-11-25-23(24)21-17(18)9-20(32-21)16-3-2-4-19-22(16)33-28-27-19;2-1-3/h2-4,9-12,15H,5-8H2,1H3,(H2,24,25);1H,(H,2,3). The molecular weight excluding hydrogens is 482 g/mol. The lowest BCUT2D eigenvalue weighted by atomic mass is 10.0. The van der Waals surface area contributed by atoms with Crippen LogP contribution in [0.4, 0.5) is 5.82 Å². The van der Waals surface area contributed by atoms with Crippen molar-refractivity contribution in [2.45, 2.75) is 25.8 Å². The van der Waals surface area contributed by atoms with Crippen molar-refractivity contribution >= 4 is 50.9 Å². The van der Waals surface area contributed by atoms with Crippen LogP contribution in [0.3, 0.4) is 0 Å². The lowest BCUT2D eigenvalue weighted by Gasteiger charge is -2.31. The summed E-state index contributed by atoms with van der Waals surface area (Å²) in [6.07, 6.45) is 7.44. The number of nitrogen functional groups attached to an aromatic ring is 1. The number of nitrogens with two attached hydrogens (primary N) is 1. The maximum Gasteiger partial charge on any atom is 0.290 e. The van der Waals surface area contributed by atoms with Gasteiger partial charge in [-0.1, -0.05) is 10.6 Å². The number of pyridine rings is 1. The molecule has 6 rings (SSSR count). The van der Waals surface area contributed by atoms with Crippen LogP contribution in [0, 0.1) is 0 Å². The van der Waals surface area contributed by atoms with Crippen LogP contribution in [0.15, 0.2) is 47.3 Å². The summed E-state index contributed by atoms with van der Waals surface area (Å²) in [6.45, 7) is 2.88. The van der Waals surface area contributed by atoms with Gasteiger partial charge in [-0.15, -0.1) is 5.10 Å². The van der Waals surface area contributed by atoms with Crippen LogP contribution >= 0.6 is 11.5 Å². The van der Waals surface area contributed by atoms with E-state index in [1.54, 1.807) is 13.1 Å². The zero-order valence-electron chi connectivity index (χ0n) is 19.4. The van der Waals surface area contributed by atoms with Crippen LogP contribution < -0.4 is 5.73 Å². The second kappa shape index (κ2) is 9.74. The summed E-state index contributed by atoms with van der Waals surface area (Å²) in [6, 6.07) is 8.13. The fourth-order valence-electron chi connectivity index (χ4n) is 4.53. The lowest BCUT2D eigenvalue weighted by molar-refractivity contribution is -0.130. The van der Waals surface area contributed by atoms with Gasteiger partial charge >= 0.3 is 0 Å². The van der Waals surface area contributed by atoms with Gasteiger partial charge in [0.25, 0.3) is 6.47 Å². The number of carboxylic acid groups (broad SMARTS) is 1. The Labute approximate surface area is 209 Å². The topological polar surface area (TPSA) is 153 Å². The molecule has 3 N–H and O–H groups in total. The molecule has 4 aromatic heterocycles. The summed E-state index contributed by atoms with van der Waals surface area (Å²) in [4.78, 5) is 26.2. The second-order valence-electron chi connectivity index (χ2n) is 8.39. The molecule has 0 atom stereocenters. The summed E-state index contributed by atoms with van der Waals surface area (Å²) < 4.78 is 13.2. The van der Waals surface area contributed by atoms with Gasteiger partial charge in [-0.05, 0) is 42.6 Å². The van der Waals surface area contributed by atoms with E-state index in [2.05, 4.69) is 19.7 Å². The average molecular weight is 506 g/mol. The molecule has 1 saturated heterocycles. The van der Waals surface area contributed by atoms with Crippen molar-refractivity contribution in [3.8, 4) is 22.5 Å². The number of aromatic nitrogens is 5. The number of nitrogens with zero attached hydrogens (tertiary/aromatic N) is 6. The molecule has 1 amide bonds. The number of furan rings is 1. The van der Waals surface area contributed by atoms with Crippen molar-refractivity contribution in [2.24, 2.45) is 0 Å². The fraction of sp³-hybridized carbons (Fsp3) is 0.250. The molecule has 1 aromatic carbocycles. The molecule has 1 fully saturated rings. The molecule has 12 heteroatoms. The molecule has 0 unspecified atom stereocenters. The van der Waals surface area contributed by atoms with E-state index in [1.165, 1.54) is 11.5 Å². The van der Waals surface area contributed by atoms with Gasteiger partial charge in [0.15, 0.2) is 11.4 Å². The van der Waals surface area contributed by atoms with Gasteiger partial charge in [-0.2, -0.15) is 5.10 Å². The lowest BCUT2D eigenvalue weighted by Crippen LogP contribution is -2.37. The molecule has 5 heterocycles. The van der Waals surface area contributed by atoms with Gasteiger partial charge < -0.3 is 20.2 Å². The van der Waals surface area contributed by atoms with Crippen LogP contribution in [0.2, 0.25) is 0 Å². The van der Waals surface area contributed by atoms with E-state index in [1.807, 2.05) is 46.2 Å². The molecular formula is C24H23N7O4S. The number of rotatable bonds is 3. The predicted molar refractivity (Wildman–Crippen MR) is 135 cm³/mol. The van der Waals surface area contributed by atoms with Gasteiger partial charge in [0, 0.05) is 54.5 Å². The zero-order chi connectivity index (χ0) is 25.2. The minimum atomic E-state index is -0.250. The maximum atomic E-state index is 11.6. The molecule has 36 heavy (non-hydrogen) atoms. The van der Waals surface area contributed by atoms with E-state index in [0.717, 1.165) is 58.2 Å². The largest absolute Gasteiger partial charge is 0.483 e. The quantitative estimate of drug-likeness (QED) is 0.348. The average Bonchev–Trinajstić information content (AvgIpc) is 3.64. The number of fused-ring (bicyclic) bond motifs is 2. The molecule has 0 spiro atoms. The number of carbonyl (C=O) groups excluding carboxylic acids is 1. The SMILES string of the molecule is CC(=O)N1CCC(n2cc(-c3cnc(N)c4oc(-c5cccc6nnsc56)cc34)cn2)CC1.O=CO. The first kappa shape index (κ1) is 23.4. The highest BCUT2D eigenvalue weighted by Crippen LogP contribution is 2.39. The van der Waals surface area contributed by atoms with E-state index in [0.29, 0.717) is 17.2 Å². The van der Waals surface area contributed by atoms with E-state index >= 15 is 0 Å². The monoisotopic (exact) mass is 505 g/mol. The Kier molecular flexibility index (Phi) is 6.34. The summed E-state index contributed by atoms with van der Waals surface area (Å²) >= 11 is 1.34. The Balaban J connectivity index is 0.000000848. The normalized spacial score (nSPS) is 14.1. The first-order chi connectivity index (χ1) is 17.5. The van der Waals surface area contributed by atoms with Crippen LogP contribution in [0.25, 0.3) is 43.6 Å². The fourth-order valence-corrected chi connectivity index (χ4v) is 5.21. The summed E-state index contributed by atoms with van der Waals surface area (Å²) in [5.41, 5.74) is 10.3. The first-order valence-electron chi connectivity index (χ1n) is 11.3. The van der Waals surface area contributed by atoms with Crippen molar-refractivity contribution in [1.82, 2.24) is 29.3 Å². The molecule has 184 valence electrons. The Morgan fingerprint density at radius 2 is 2.03 bits per heavy atom. The number of hydrogen-bond acceptors (Lipinski definition) is 9. The second-order valence-corrected chi connectivity index (χ2v) is 9.14. The van der Waals surface area contributed by atoms with Crippen LogP contribution in [0.5, 0.6) is 0 Å². The van der Waals surface area contributed by atoms with Crippen molar-refractivity contribution in [2.75, 3.05) is 18.8 Å². The molecule has 0 bridgehead atoms. The first-order valence-corrected chi connectivity index (χ1v) is 12.0. The zero-order valence-corrected chi connectivity index (χ0v) is 20.2. The number of anilines is 1. The molecule has 11 nitrogen and oxygen atoms in total. The van der Waals surface area contributed by atoms with Crippen molar-refractivity contribution in [3.05, 3.63) is 42.9 Å². The summed E-state index contributed by atoms with van der Waals surface area (Å²) in [7, 11) is 0. The third-order valence-electron chi connectivity index (χ3n) is 6.32. The van der Waals surface area contributed by atoms with Gasteiger partial charge in [0.2, 0.25) is 5.91 Å². The van der Waals surface area contributed by atoms with Crippen molar-refractivity contribution < 1.29 is 19.1 Å². The minimum absolute atomic E-state index is 0.130. The highest BCUT2D eigenvalue weighted by molar-refractivity contribution is 7.13. The van der Waals surface area contributed by atoms with Crippen LogP contribution in [-0.2, 0) is 9.59 Å². The predicted octanol–water partition coefficient (Wildman–Crippen LogP) is 3.83. The molecule has 0 aliphatic carbocycles. The summed E-state index contributed by atoms with van der Waals surface area (Å²) in [5.74, 6) is 1.18. The Bertz CT molecular complexity index is 1550. The van der Waals surface area contributed by atoms with Gasteiger partial charge in [-0.3, -0.25) is 14.3 Å². The van der Waals surface area contributed by atoms with Gasteiger partial charge in [-0.25, -0.2) is 4.98 Å². The highest BCUT2D eigenvalue weighted by Gasteiger charge is 2.23. The van der Waals surface area contributed by atoms with Crippen molar-refractivity contribution in [3.63, 3.8) is 0 Å². The highest BCUT2D eigenvalue weighted by atomic mass is 32.1. The molecule has 0 saturated carbocycles. The molecule has 0 radical (unpaired) electrons. The molecule has 1 aliphatic rings. The third kappa shape index (κ3) is 4.26. The van der Waals surface area contributed by atoms with Crippen LogP contribution in [-0.4, -0.2) is 59.8 Å². The molecule has 1 aliphatic heterocycles. The van der Waals surface area contributed by atoms with Gasteiger partial charge in [0.05, 0.1) is 16.9 Å². The van der Waals surface area contributed by atoms with E-state index < -0.39 is 0 Å².